The average molecular weight is 244 g/mol. The van der Waals surface area contributed by atoms with Gasteiger partial charge in [0.05, 0.1) is 18.1 Å². The van der Waals surface area contributed by atoms with Gasteiger partial charge in [-0.15, -0.1) is 0 Å². The van der Waals surface area contributed by atoms with Crippen molar-refractivity contribution >= 4 is 28.6 Å². The van der Waals surface area contributed by atoms with Crippen molar-refractivity contribution in [2.45, 2.75) is 6.92 Å². The monoisotopic (exact) mass is 244 g/mol. The Balaban J connectivity index is 2.36. The van der Waals surface area contributed by atoms with Crippen molar-refractivity contribution in [1.29, 1.82) is 0 Å². The topological polar surface area (TPSA) is 63.8 Å². The molecule has 0 aliphatic heterocycles. The summed E-state index contributed by atoms with van der Waals surface area (Å²) in [6.07, 6.45) is 4.86. The molecule has 0 spiro atoms. The minimum Gasteiger partial charge on any atom is -0.389 e. The molecule has 1 heterocycles. The molecule has 17 heavy (non-hydrogen) atoms. The van der Waals surface area contributed by atoms with Crippen LogP contribution in [0, 0.1) is 6.92 Å². The standard InChI is InChI=1S/C12H12N4S/c1-8-2-3-11(10(4-8)12(13)17)16-9-5-14-7-15-6-9/h2-7,16H,1H3,(H2,13,17). The summed E-state index contributed by atoms with van der Waals surface area (Å²) >= 11 is 5.03. The van der Waals surface area contributed by atoms with E-state index in [1.807, 2.05) is 25.1 Å². The maximum Gasteiger partial charge on any atom is 0.115 e. The van der Waals surface area contributed by atoms with Gasteiger partial charge in [-0.2, -0.15) is 0 Å². The quantitative estimate of drug-likeness (QED) is 0.810. The summed E-state index contributed by atoms with van der Waals surface area (Å²) in [5.74, 6) is 0. The summed E-state index contributed by atoms with van der Waals surface area (Å²) in [7, 11) is 0. The van der Waals surface area contributed by atoms with Crippen LogP contribution in [0.1, 0.15) is 11.1 Å². The Morgan fingerprint density at radius 1 is 1.29 bits per heavy atom. The Kier molecular flexibility index (Phi) is 3.30. The molecule has 1 aromatic heterocycles. The van der Waals surface area contributed by atoms with E-state index in [9.17, 15) is 0 Å². The second-order valence-corrected chi connectivity index (χ2v) is 4.11. The van der Waals surface area contributed by atoms with E-state index in [0.717, 1.165) is 22.5 Å². The van der Waals surface area contributed by atoms with E-state index in [-0.39, 0.29) is 0 Å². The zero-order valence-corrected chi connectivity index (χ0v) is 10.2. The van der Waals surface area contributed by atoms with E-state index in [0.29, 0.717) is 4.99 Å². The second kappa shape index (κ2) is 4.88. The summed E-state index contributed by atoms with van der Waals surface area (Å²) in [6.45, 7) is 2.00. The highest BCUT2D eigenvalue weighted by atomic mass is 32.1. The van der Waals surface area contributed by atoms with Crippen molar-refractivity contribution in [3.63, 3.8) is 0 Å². The van der Waals surface area contributed by atoms with E-state index < -0.39 is 0 Å². The van der Waals surface area contributed by atoms with Crippen molar-refractivity contribution in [3.05, 3.63) is 48.0 Å². The van der Waals surface area contributed by atoms with Gasteiger partial charge in [0, 0.05) is 11.3 Å². The lowest BCUT2D eigenvalue weighted by molar-refractivity contribution is 1.17. The number of rotatable bonds is 3. The van der Waals surface area contributed by atoms with Crippen molar-refractivity contribution in [3.8, 4) is 0 Å². The number of aromatic nitrogens is 2. The number of aryl methyl sites for hydroxylation is 1. The highest BCUT2D eigenvalue weighted by Crippen LogP contribution is 2.21. The number of nitrogens with zero attached hydrogens (tertiary/aromatic N) is 2. The summed E-state index contributed by atoms with van der Waals surface area (Å²) in [5, 5.41) is 3.19. The minimum absolute atomic E-state index is 0.369. The molecule has 0 unspecified atom stereocenters. The molecular formula is C12H12N4S. The van der Waals surface area contributed by atoms with Crippen LogP contribution in [0.15, 0.2) is 36.9 Å². The molecule has 0 saturated carbocycles. The number of anilines is 2. The van der Waals surface area contributed by atoms with Gasteiger partial charge in [-0.1, -0.05) is 23.8 Å². The minimum atomic E-state index is 0.369. The summed E-state index contributed by atoms with van der Waals surface area (Å²) < 4.78 is 0. The van der Waals surface area contributed by atoms with Gasteiger partial charge in [0.2, 0.25) is 0 Å². The predicted molar refractivity (Wildman–Crippen MR) is 72.4 cm³/mol. The third kappa shape index (κ3) is 2.76. The van der Waals surface area contributed by atoms with E-state index in [2.05, 4.69) is 15.3 Å². The van der Waals surface area contributed by atoms with Crippen LogP contribution in [0.3, 0.4) is 0 Å². The molecule has 4 nitrogen and oxygen atoms in total. The average Bonchev–Trinajstić information content (AvgIpc) is 2.32. The fraction of sp³-hybridized carbons (Fsp3) is 0.0833. The summed E-state index contributed by atoms with van der Waals surface area (Å²) in [5.41, 5.74) is 9.29. The Morgan fingerprint density at radius 2 is 2.00 bits per heavy atom. The molecule has 2 aromatic rings. The van der Waals surface area contributed by atoms with Crippen molar-refractivity contribution in [1.82, 2.24) is 9.97 Å². The maximum atomic E-state index is 5.70. The molecule has 86 valence electrons. The number of hydrogen-bond donors (Lipinski definition) is 2. The lowest BCUT2D eigenvalue weighted by Gasteiger charge is -2.11. The van der Waals surface area contributed by atoms with E-state index >= 15 is 0 Å². The summed E-state index contributed by atoms with van der Waals surface area (Å²) in [4.78, 5) is 8.24. The zero-order chi connectivity index (χ0) is 12.3. The Hall–Kier alpha value is -2.01. The van der Waals surface area contributed by atoms with Gasteiger partial charge in [0.25, 0.3) is 0 Å². The van der Waals surface area contributed by atoms with Gasteiger partial charge >= 0.3 is 0 Å². The maximum absolute atomic E-state index is 5.70. The van der Waals surface area contributed by atoms with Crippen LogP contribution in [-0.4, -0.2) is 15.0 Å². The van der Waals surface area contributed by atoms with Gasteiger partial charge < -0.3 is 11.1 Å². The number of hydrogen-bond acceptors (Lipinski definition) is 4. The number of nitrogens with two attached hydrogens (primary N) is 1. The molecule has 0 radical (unpaired) electrons. The molecule has 2 rings (SSSR count). The summed E-state index contributed by atoms with van der Waals surface area (Å²) in [6, 6.07) is 5.89. The molecule has 0 bridgehead atoms. The van der Waals surface area contributed by atoms with Crippen LogP contribution in [0.2, 0.25) is 0 Å². The van der Waals surface area contributed by atoms with Gasteiger partial charge in [-0.05, 0) is 19.1 Å². The van der Waals surface area contributed by atoms with Gasteiger partial charge in [-0.25, -0.2) is 9.97 Å². The molecule has 1 aromatic carbocycles. The predicted octanol–water partition coefficient (Wildman–Crippen LogP) is 2.16. The smallest absolute Gasteiger partial charge is 0.115 e. The van der Waals surface area contributed by atoms with E-state index in [1.165, 1.54) is 6.33 Å². The molecule has 0 fully saturated rings. The van der Waals surface area contributed by atoms with Crippen LogP contribution >= 0.6 is 12.2 Å². The van der Waals surface area contributed by atoms with Crippen molar-refractivity contribution < 1.29 is 0 Å². The van der Waals surface area contributed by atoms with Crippen molar-refractivity contribution in [2.24, 2.45) is 5.73 Å². The van der Waals surface area contributed by atoms with Crippen LogP contribution in [0.5, 0.6) is 0 Å². The van der Waals surface area contributed by atoms with E-state index in [4.69, 9.17) is 18.0 Å². The van der Waals surface area contributed by atoms with Crippen molar-refractivity contribution in [2.75, 3.05) is 5.32 Å². The first-order valence-electron chi connectivity index (χ1n) is 5.09. The fourth-order valence-corrected chi connectivity index (χ4v) is 1.66. The zero-order valence-electron chi connectivity index (χ0n) is 9.34. The van der Waals surface area contributed by atoms with E-state index in [1.54, 1.807) is 12.4 Å². The molecule has 5 heteroatoms. The molecular weight excluding hydrogens is 232 g/mol. The lowest BCUT2D eigenvalue weighted by Crippen LogP contribution is -2.12. The molecule has 0 aliphatic carbocycles. The third-order valence-corrected chi connectivity index (χ3v) is 2.50. The largest absolute Gasteiger partial charge is 0.389 e. The molecule has 3 N–H and O–H groups in total. The first kappa shape index (κ1) is 11.5. The van der Waals surface area contributed by atoms with Gasteiger partial charge in [0.15, 0.2) is 0 Å². The normalized spacial score (nSPS) is 9.94. The molecule has 0 aliphatic rings. The number of benzene rings is 1. The fourth-order valence-electron chi connectivity index (χ4n) is 1.49. The van der Waals surface area contributed by atoms with Crippen LogP contribution in [0.4, 0.5) is 11.4 Å². The highest BCUT2D eigenvalue weighted by Gasteiger charge is 2.05. The first-order chi connectivity index (χ1) is 8.16. The molecule has 0 saturated heterocycles. The van der Waals surface area contributed by atoms with Crippen LogP contribution in [0.25, 0.3) is 0 Å². The second-order valence-electron chi connectivity index (χ2n) is 3.67. The highest BCUT2D eigenvalue weighted by molar-refractivity contribution is 7.80. The molecule has 0 amide bonds. The third-order valence-electron chi connectivity index (χ3n) is 2.28. The molecule has 0 atom stereocenters. The Bertz CT molecular complexity index is 539. The lowest BCUT2D eigenvalue weighted by atomic mass is 10.1. The Morgan fingerprint density at radius 3 is 2.65 bits per heavy atom. The number of nitrogens with one attached hydrogen (secondary N) is 1. The SMILES string of the molecule is Cc1ccc(Nc2cncnc2)c(C(N)=S)c1. The number of thiocarbonyl (C=S) groups is 1. The first-order valence-corrected chi connectivity index (χ1v) is 5.50. The van der Waals surface area contributed by atoms with Crippen LogP contribution < -0.4 is 11.1 Å². The van der Waals surface area contributed by atoms with Gasteiger partial charge in [-0.3, -0.25) is 0 Å². The van der Waals surface area contributed by atoms with Crippen LogP contribution in [-0.2, 0) is 0 Å². The van der Waals surface area contributed by atoms with Gasteiger partial charge in [0.1, 0.15) is 11.3 Å². The Labute approximate surface area is 105 Å².